The summed E-state index contributed by atoms with van der Waals surface area (Å²) in [6.45, 7) is 4.65. The molecule has 2 rings (SSSR count). The average Bonchev–Trinajstić information content (AvgIpc) is 2.60. The summed E-state index contributed by atoms with van der Waals surface area (Å²) < 4.78 is 0. The van der Waals surface area contributed by atoms with Crippen LogP contribution in [0.5, 0.6) is 0 Å². The standard InChI is InChI=1S/C23H44/c1-3-5-7-9-11-21-14-18-23(19-15-21)22-16-12-20(13-17-22)10-8-6-4-2/h20-23H,3-19H2,1-2H3/t20-,21-,22-,23-. The molecule has 0 heteroatoms. The van der Waals surface area contributed by atoms with Gasteiger partial charge in [-0.2, -0.15) is 0 Å². The summed E-state index contributed by atoms with van der Waals surface area (Å²) in [4.78, 5) is 0. The summed E-state index contributed by atoms with van der Waals surface area (Å²) >= 11 is 0. The van der Waals surface area contributed by atoms with Crippen LogP contribution in [0.15, 0.2) is 0 Å². The molecule has 0 radical (unpaired) electrons. The van der Waals surface area contributed by atoms with Gasteiger partial charge in [0, 0.05) is 0 Å². The fourth-order valence-electron chi connectivity index (χ4n) is 5.44. The third kappa shape index (κ3) is 7.18. The molecule has 2 aliphatic carbocycles. The maximum absolute atomic E-state index is 2.33. The Morgan fingerprint density at radius 2 is 0.870 bits per heavy atom. The molecule has 2 saturated carbocycles. The molecule has 0 bridgehead atoms. The van der Waals surface area contributed by atoms with Gasteiger partial charge in [0.1, 0.15) is 0 Å². The molecule has 0 aromatic carbocycles. The Kier molecular flexibility index (Phi) is 9.69. The minimum Gasteiger partial charge on any atom is -0.0654 e. The van der Waals surface area contributed by atoms with Gasteiger partial charge in [0.15, 0.2) is 0 Å². The van der Waals surface area contributed by atoms with E-state index in [0.717, 1.165) is 23.7 Å². The number of rotatable bonds is 10. The van der Waals surface area contributed by atoms with Crippen LogP contribution in [0.25, 0.3) is 0 Å². The molecule has 0 aromatic heterocycles. The minimum absolute atomic E-state index is 1.09. The summed E-state index contributed by atoms with van der Waals surface area (Å²) in [6, 6.07) is 0. The van der Waals surface area contributed by atoms with E-state index in [-0.39, 0.29) is 0 Å². The van der Waals surface area contributed by atoms with Gasteiger partial charge in [0.05, 0.1) is 0 Å². The highest BCUT2D eigenvalue weighted by molar-refractivity contribution is 4.82. The summed E-state index contributed by atoms with van der Waals surface area (Å²) in [7, 11) is 0. The van der Waals surface area contributed by atoms with Gasteiger partial charge in [0.25, 0.3) is 0 Å². The van der Waals surface area contributed by atoms with Gasteiger partial charge in [-0.25, -0.2) is 0 Å². The molecule has 0 nitrogen and oxygen atoms in total. The number of unbranched alkanes of at least 4 members (excludes halogenated alkanes) is 5. The van der Waals surface area contributed by atoms with Gasteiger partial charge in [-0.15, -0.1) is 0 Å². The topological polar surface area (TPSA) is 0 Å². The van der Waals surface area contributed by atoms with Crippen LogP contribution in [-0.2, 0) is 0 Å². The third-order valence-corrected chi connectivity index (χ3v) is 7.13. The maximum Gasteiger partial charge on any atom is -0.0386 e. The second kappa shape index (κ2) is 11.5. The first kappa shape index (κ1) is 19.3. The molecule has 0 heterocycles. The van der Waals surface area contributed by atoms with E-state index in [0.29, 0.717) is 0 Å². The molecule has 0 unspecified atom stereocenters. The SMILES string of the molecule is CCCCCC[C@H]1CC[C@H]([C@H]2CC[C@H](CCCCC)CC2)CC1. The molecule has 2 aliphatic rings. The van der Waals surface area contributed by atoms with Crippen LogP contribution in [-0.4, -0.2) is 0 Å². The first-order valence-electron chi connectivity index (χ1n) is 11.3. The lowest BCUT2D eigenvalue weighted by molar-refractivity contribution is 0.139. The second-order valence-corrected chi connectivity index (χ2v) is 8.91. The fraction of sp³-hybridized carbons (Fsp3) is 1.00. The second-order valence-electron chi connectivity index (χ2n) is 8.91. The molecule has 0 aromatic rings. The summed E-state index contributed by atoms with van der Waals surface area (Å²) in [5.41, 5.74) is 0. The van der Waals surface area contributed by atoms with E-state index in [2.05, 4.69) is 13.8 Å². The van der Waals surface area contributed by atoms with Crippen molar-refractivity contribution in [1.29, 1.82) is 0 Å². The maximum atomic E-state index is 2.33. The third-order valence-electron chi connectivity index (χ3n) is 7.13. The summed E-state index contributed by atoms with van der Waals surface area (Å²) in [5, 5.41) is 0. The fourth-order valence-corrected chi connectivity index (χ4v) is 5.44. The smallest absolute Gasteiger partial charge is 0.0386 e. The molecule has 2 fully saturated rings. The number of hydrogen-bond donors (Lipinski definition) is 0. The van der Waals surface area contributed by atoms with E-state index < -0.39 is 0 Å². The largest absolute Gasteiger partial charge is 0.0654 e. The van der Waals surface area contributed by atoms with Crippen molar-refractivity contribution in [2.75, 3.05) is 0 Å². The molecule has 0 N–H and O–H groups in total. The normalized spacial score (nSPS) is 32.1. The first-order valence-corrected chi connectivity index (χ1v) is 11.3. The zero-order valence-electron chi connectivity index (χ0n) is 16.3. The Labute approximate surface area is 147 Å². The predicted molar refractivity (Wildman–Crippen MR) is 104 cm³/mol. The van der Waals surface area contributed by atoms with Gasteiger partial charge < -0.3 is 0 Å². The highest BCUT2D eigenvalue weighted by Gasteiger charge is 2.30. The Balaban J connectivity index is 1.55. The van der Waals surface area contributed by atoms with Crippen LogP contribution in [0.2, 0.25) is 0 Å². The van der Waals surface area contributed by atoms with Crippen molar-refractivity contribution in [3.8, 4) is 0 Å². The van der Waals surface area contributed by atoms with E-state index in [9.17, 15) is 0 Å². The molecule has 0 spiro atoms. The molecule has 0 atom stereocenters. The predicted octanol–water partition coefficient (Wildman–Crippen LogP) is 8.15. The van der Waals surface area contributed by atoms with Gasteiger partial charge in [-0.1, -0.05) is 97.3 Å². The van der Waals surface area contributed by atoms with Gasteiger partial charge >= 0.3 is 0 Å². The monoisotopic (exact) mass is 320 g/mol. The Hall–Kier alpha value is 0. The first-order chi connectivity index (χ1) is 11.3. The minimum atomic E-state index is 1.09. The van der Waals surface area contributed by atoms with Crippen molar-refractivity contribution in [1.82, 2.24) is 0 Å². The highest BCUT2D eigenvalue weighted by atomic mass is 14.4. The quantitative estimate of drug-likeness (QED) is 0.356. The van der Waals surface area contributed by atoms with E-state index >= 15 is 0 Å². The van der Waals surface area contributed by atoms with Crippen LogP contribution in [0.1, 0.15) is 123 Å². The average molecular weight is 321 g/mol. The van der Waals surface area contributed by atoms with Crippen LogP contribution in [0.3, 0.4) is 0 Å². The Bertz CT molecular complexity index is 266. The van der Waals surface area contributed by atoms with E-state index in [1.807, 2.05) is 0 Å². The molecular weight excluding hydrogens is 276 g/mol. The molecule has 23 heavy (non-hydrogen) atoms. The van der Waals surface area contributed by atoms with Crippen molar-refractivity contribution in [2.24, 2.45) is 23.7 Å². The van der Waals surface area contributed by atoms with E-state index in [4.69, 9.17) is 0 Å². The highest BCUT2D eigenvalue weighted by Crippen LogP contribution is 2.43. The molecule has 0 aliphatic heterocycles. The lowest BCUT2D eigenvalue weighted by Crippen LogP contribution is -2.25. The van der Waals surface area contributed by atoms with Crippen molar-refractivity contribution >= 4 is 0 Å². The summed E-state index contributed by atoms with van der Waals surface area (Å²) in [6.07, 6.45) is 25.8. The van der Waals surface area contributed by atoms with Gasteiger partial charge in [-0.3, -0.25) is 0 Å². The zero-order chi connectivity index (χ0) is 16.3. The van der Waals surface area contributed by atoms with Crippen molar-refractivity contribution in [2.45, 2.75) is 123 Å². The van der Waals surface area contributed by atoms with Crippen molar-refractivity contribution in [3.05, 3.63) is 0 Å². The van der Waals surface area contributed by atoms with Crippen LogP contribution in [0.4, 0.5) is 0 Å². The Morgan fingerprint density at radius 3 is 1.30 bits per heavy atom. The van der Waals surface area contributed by atoms with E-state index in [1.54, 1.807) is 51.4 Å². The molecule has 0 amide bonds. The van der Waals surface area contributed by atoms with Crippen LogP contribution >= 0.6 is 0 Å². The lowest BCUT2D eigenvalue weighted by Gasteiger charge is -2.38. The van der Waals surface area contributed by atoms with Gasteiger partial charge in [0.2, 0.25) is 0 Å². The number of hydrogen-bond acceptors (Lipinski definition) is 0. The van der Waals surface area contributed by atoms with Gasteiger partial charge in [-0.05, 0) is 49.4 Å². The summed E-state index contributed by atoms with van der Waals surface area (Å²) in [5.74, 6) is 4.40. The Morgan fingerprint density at radius 1 is 0.478 bits per heavy atom. The van der Waals surface area contributed by atoms with E-state index in [1.165, 1.54) is 57.8 Å². The van der Waals surface area contributed by atoms with Crippen molar-refractivity contribution in [3.63, 3.8) is 0 Å². The van der Waals surface area contributed by atoms with Crippen LogP contribution in [0, 0.1) is 23.7 Å². The lowest BCUT2D eigenvalue weighted by atomic mass is 9.68. The van der Waals surface area contributed by atoms with Crippen LogP contribution < -0.4 is 0 Å². The molecule has 0 saturated heterocycles. The zero-order valence-corrected chi connectivity index (χ0v) is 16.3. The van der Waals surface area contributed by atoms with Crippen molar-refractivity contribution < 1.29 is 0 Å². The molecule has 136 valence electrons. The molecular formula is C23H44.